The number of hydrogen-bond acceptors (Lipinski definition) is 5. The summed E-state index contributed by atoms with van der Waals surface area (Å²) in [6.07, 6.45) is -0.350. The van der Waals surface area contributed by atoms with Crippen LogP contribution in [0.5, 0.6) is 0 Å². The number of carbonyl (C=O) groups excluding carboxylic acids is 3. The van der Waals surface area contributed by atoms with Gasteiger partial charge < -0.3 is 5.32 Å². The molecule has 0 aromatic heterocycles. The van der Waals surface area contributed by atoms with Gasteiger partial charge in [0.25, 0.3) is 10.0 Å². The predicted octanol–water partition coefficient (Wildman–Crippen LogP) is 5.73. The Bertz CT molecular complexity index is 1570. The van der Waals surface area contributed by atoms with Crippen molar-refractivity contribution in [3.63, 3.8) is 0 Å². The zero-order valence-electron chi connectivity index (χ0n) is 21.6. The molecule has 7 nitrogen and oxygen atoms in total. The number of amides is 2. The van der Waals surface area contributed by atoms with Crippen molar-refractivity contribution in [3.05, 3.63) is 126 Å². The Labute approximate surface area is 228 Å². The second-order valence-electron chi connectivity index (χ2n) is 9.11. The van der Waals surface area contributed by atoms with Crippen molar-refractivity contribution < 1.29 is 22.8 Å². The number of sulfonamides is 1. The smallest absolute Gasteiger partial charge is 0.270 e. The molecule has 0 radical (unpaired) electrons. The van der Waals surface area contributed by atoms with E-state index in [0.29, 0.717) is 16.8 Å². The minimum atomic E-state index is -4.30. The van der Waals surface area contributed by atoms with E-state index in [1.807, 2.05) is 13.0 Å². The quantitative estimate of drug-likeness (QED) is 0.216. The number of nitrogens with zero attached hydrogens (tertiary/aromatic N) is 1. The molecule has 0 saturated carbocycles. The van der Waals surface area contributed by atoms with Gasteiger partial charge in [0, 0.05) is 11.3 Å². The largest absolute Gasteiger partial charge is 0.326 e. The Kier molecular flexibility index (Phi) is 8.36. The minimum absolute atomic E-state index is 0.116. The topological polar surface area (TPSA) is 101 Å². The average molecular weight is 541 g/mol. The number of hydrogen-bond donors (Lipinski definition) is 1. The normalized spacial score (nSPS) is 11.8. The molecule has 0 fully saturated rings. The molecule has 0 aliphatic carbocycles. The summed E-state index contributed by atoms with van der Waals surface area (Å²) in [6, 6.07) is 29.6. The summed E-state index contributed by atoms with van der Waals surface area (Å²) in [5, 5.41) is 2.62. The lowest BCUT2D eigenvalue weighted by molar-refractivity contribution is -0.118. The number of nitrogens with one attached hydrogen (secondary N) is 1. The van der Waals surface area contributed by atoms with Crippen LogP contribution in [-0.4, -0.2) is 26.0 Å². The van der Waals surface area contributed by atoms with Gasteiger partial charge in [-0.15, -0.1) is 0 Å². The fraction of sp³-hybridized carbons (Fsp3) is 0.129. The molecule has 0 heterocycles. The molecule has 4 aromatic carbocycles. The summed E-state index contributed by atoms with van der Waals surface area (Å²) in [5.41, 5.74) is 2.60. The summed E-state index contributed by atoms with van der Waals surface area (Å²) >= 11 is 0. The summed E-state index contributed by atoms with van der Waals surface area (Å²) < 4.78 is 28.4. The molecule has 1 atom stereocenters. The average Bonchev–Trinajstić information content (AvgIpc) is 2.94. The van der Waals surface area contributed by atoms with Gasteiger partial charge in [-0.3, -0.25) is 14.4 Å². The number of Topliss-reactive ketones (excluding diaryl/α,β-unsaturated/α-hetero) is 1. The van der Waals surface area contributed by atoms with E-state index in [9.17, 15) is 22.8 Å². The van der Waals surface area contributed by atoms with Crippen LogP contribution in [0.2, 0.25) is 0 Å². The van der Waals surface area contributed by atoms with Gasteiger partial charge in [-0.25, -0.2) is 12.7 Å². The number of ketones is 1. The third-order valence-corrected chi connectivity index (χ3v) is 7.97. The molecular formula is C31H28N2O5S. The molecule has 4 rings (SSSR count). The number of aryl methyl sites for hydroxylation is 1. The maximum absolute atomic E-state index is 13.8. The van der Waals surface area contributed by atoms with Crippen LogP contribution in [0, 0.1) is 6.92 Å². The fourth-order valence-electron chi connectivity index (χ4n) is 4.02. The summed E-state index contributed by atoms with van der Waals surface area (Å²) in [6.45, 7) is 3.54. The molecule has 1 unspecified atom stereocenters. The van der Waals surface area contributed by atoms with Crippen LogP contribution in [0.4, 0.5) is 11.4 Å². The van der Waals surface area contributed by atoms with E-state index >= 15 is 0 Å². The van der Waals surface area contributed by atoms with Crippen LogP contribution in [0.15, 0.2) is 114 Å². The Morgan fingerprint density at radius 2 is 1.33 bits per heavy atom. The molecule has 4 aromatic rings. The predicted molar refractivity (Wildman–Crippen MR) is 151 cm³/mol. The SMILES string of the molecule is Cc1ccc(N(C(=O)C(C)c2ccccc2)S(=O)(=O)c2ccc(NC(=O)CC(=O)c3ccccc3)cc2)cc1. The highest BCUT2D eigenvalue weighted by atomic mass is 32.2. The summed E-state index contributed by atoms with van der Waals surface area (Å²) in [4.78, 5) is 38.2. The molecule has 1 N–H and O–H groups in total. The molecule has 2 amide bonds. The van der Waals surface area contributed by atoms with E-state index in [4.69, 9.17) is 0 Å². The standard InChI is InChI=1S/C31H28N2O5S/c1-22-13-17-27(18-14-22)33(31(36)23(2)24-9-5-3-6-10-24)39(37,38)28-19-15-26(16-20-28)32-30(35)21-29(34)25-11-7-4-8-12-25/h3-20,23H,21H2,1-2H3,(H,32,35). The molecule has 0 saturated heterocycles. The molecule has 0 aliphatic rings. The molecule has 0 bridgehead atoms. The van der Waals surface area contributed by atoms with E-state index in [1.54, 1.807) is 85.8 Å². The van der Waals surface area contributed by atoms with E-state index in [2.05, 4.69) is 5.32 Å². The van der Waals surface area contributed by atoms with E-state index in [1.165, 1.54) is 24.3 Å². The maximum atomic E-state index is 13.8. The van der Waals surface area contributed by atoms with Crippen LogP contribution in [0.3, 0.4) is 0 Å². The van der Waals surface area contributed by atoms with Gasteiger partial charge in [0.15, 0.2) is 5.78 Å². The molecular weight excluding hydrogens is 512 g/mol. The van der Waals surface area contributed by atoms with Gasteiger partial charge >= 0.3 is 0 Å². The van der Waals surface area contributed by atoms with Crippen molar-refractivity contribution in [2.45, 2.75) is 31.1 Å². The highest BCUT2D eigenvalue weighted by Gasteiger charge is 2.34. The lowest BCUT2D eigenvalue weighted by Gasteiger charge is -2.26. The number of rotatable bonds is 9. The van der Waals surface area contributed by atoms with Gasteiger partial charge in [0.05, 0.1) is 22.9 Å². The maximum Gasteiger partial charge on any atom is 0.270 e. The van der Waals surface area contributed by atoms with Crippen molar-refractivity contribution in [1.82, 2.24) is 0 Å². The molecule has 198 valence electrons. The van der Waals surface area contributed by atoms with Crippen LogP contribution in [0.1, 0.15) is 40.7 Å². The molecule has 8 heteroatoms. The van der Waals surface area contributed by atoms with Crippen molar-refractivity contribution >= 4 is 39.0 Å². The van der Waals surface area contributed by atoms with Crippen molar-refractivity contribution in [3.8, 4) is 0 Å². The van der Waals surface area contributed by atoms with Crippen LogP contribution in [-0.2, 0) is 19.6 Å². The van der Waals surface area contributed by atoms with Gasteiger partial charge in [0.2, 0.25) is 11.8 Å². The number of anilines is 2. The summed E-state index contributed by atoms with van der Waals surface area (Å²) in [7, 11) is -4.30. The Balaban J connectivity index is 1.57. The second kappa shape index (κ2) is 11.9. The monoisotopic (exact) mass is 540 g/mol. The lowest BCUT2D eigenvalue weighted by Crippen LogP contribution is -2.39. The fourth-order valence-corrected chi connectivity index (χ4v) is 5.50. The van der Waals surface area contributed by atoms with E-state index < -0.39 is 27.8 Å². The van der Waals surface area contributed by atoms with E-state index in [-0.39, 0.29) is 22.8 Å². The van der Waals surface area contributed by atoms with Crippen molar-refractivity contribution in [2.24, 2.45) is 0 Å². The van der Waals surface area contributed by atoms with Crippen LogP contribution < -0.4 is 9.62 Å². The number of benzene rings is 4. The number of carbonyl (C=O) groups is 3. The van der Waals surface area contributed by atoms with E-state index in [0.717, 1.165) is 9.87 Å². The Hall–Kier alpha value is -4.56. The minimum Gasteiger partial charge on any atom is -0.326 e. The van der Waals surface area contributed by atoms with Gasteiger partial charge in [0.1, 0.15) is 0 Å². The molecule has 0 spiro atoms. The highest BCUT2D eigenvalue weighted by Crippen LogP contribution is 2.29. The zero-order valence-corrected chi connectivity index (χ0v) is 22.4. The van der Waals surface area contributed by atoms with Gasteiger partial charge in [-0.2, -0.15) is 0 Å². The lowest BCUT2D eigenvalue weighted by atomic mass is 10.0. The Morgan fingerprint density at radius 1 is 0.769 bits per heavy atom. The summed E-state index contributed by atoms with van der Waals surface area (Å²) in [5.74, 6) is -2.16. The van der Waals surface area contributed by atoms with Gasteiger partial charge in [-0.1, -0.05) is 78.4 Å². The third-order valence-electron chi connectivity index (χ3n) is 6.23. The first kappa shape index (κ1) is 27.5. The first-order valence-electron chi connectivity index (χ1n) is 12.4. The first-order chi connectivity index (χ1) is 18.7. The molecule has 39 heavy (non-hydrogen) atoms. The first-order valence-corrected chi connectivity index (χ1v) is 13.8. The van der Waals surface area contributed by atoms with Crippen molar-refractivity contribution in [2.75, 3.05) is 9.62 Å². The van der Waals surface area contributed by atoms with Crippen LogP contribution in [0.25, 0.3) is 0 Å². The third kappa shape index (κ3) is 6.48. The van der Waals surface area contributed by atoms with Crippen molar-refractivity contribution in [1.29, 1.82) is 0 Å². The highest BCUT2D eigenvalue weighted by molar-refractivity contribution is 7.93. The second-order valence-corrected chi connectivity index (χ2v) is 10.9. The zero-order chi connectivity index (χ0) is 28.0. The molecule has 0 aliphatic heterocycles. The Morgan fingerprint density at radius 3 is 1.92 bits per heavy atom. The van der Waals surface area contributed by atoms with Crippen LogP contribution >= 0.6 is 0 Å². The van der Waals surface area contributed by atoms with Gasteiger partial charge in [-0.05, 0) is 55.8 Å².